The third-order valence-corrected chi connectivity index (χ3v) is 2.08. The van der Waals surface area contributed by atoms with Crippen molar-refractivity contribution in [2.75, 3.05) is 18.4 Å². The summed E-state index contributed by atoms with van der Waals surface area (Å²) in [7, 11) is 0. The number of nitrogens with zero attached hydrogens (tertiary/aromatic N) is 1. The highest BCUT2D eigenvalue weighted by Crippen LogP contribution is 2.15. The average Bonchev–Trinajstić information content (AvgIpc) is 2.33. The van der Waals surface area contributed by atoms with Crippen LogP contribution in [0.4, 0.5) is 18.9 Å². The van der Waals surface area contributed by atoms with Gasteiger partial charge in [-0.1, -0.05) is 6.92 Å². The maximum atomic E-state index is 12.0. The van der Waals surface area contributed by atoms with Gasteiger partial charge in [0, 0.05) is 12.7 Å². The lowest BCUT2D eigenvalue weighted by molar-refractivity contribution is -0.123. The Balaban J connectivity index is 2.72. The summed E-state index contributed by atoms with van der Waals surface area (Å²) in [6.45, 7) is 1.21. The molecule has 100 valence electrons. The molecule has 2 N–H and O–H groups in total. The number of nitrogens with one attached hydrogen (secondary N) is 2. The van der Waals surface area contributed by atoms with Crippen molar-refractivity contribution in [3.05, 3.63) is 24.0 Å². The van der Waals surface area contributed by atoms with E-state index in [4.69, 9.17) is 0 Å². The van der Waals surface area contributed by atoms with Gasteiger partial charge in [0.2, 0.25) is 0 Å². The van der Waals surface area contributed by atoms with Gasteiger partial charge in [-0.25, -0.2) is 0 Å². The highest BCUT2D eigenvalue weighted by molar-refractivity contribution is 5.99. The van der Waals surface area contributed by atoms with Gasteiger partial charge in [0.05, 0.1) is 17.4 Å². The van der Waals surface area contributed by atoms with Crippen molar-refractivity contribution >= 4 is 11.6 Å². The van der Waals surface area contributed by atoms with Gasteiger partial charge in [-0.3, -0.25) is 9.78 Å². The summed E-state index contributed by atoms with van der Waals surface area (Å²) in [6, 6.07) is 1.38. The van der Waals surface area contributed by atoms with Crippen LogP contribution in [0, 0.1) is 0 Å². The molecule has 1 aromatic rings. The number of amides is 1. The Kier molecular flexibility index (Phi) is 4.94. The summed E-state index contributed by atoms with van der Waals surface area (Å²) in [5, 5.41) is 4.76. The van der Waals surface area contributed by atoms with Crippen molar-refractivity contribution in [1.29, 1.82) is 0 Å². The molecule has 0 spiro atoms. The van der Waals surface area contributed by atoms with Gasteiger partial charge < -0.3 is 10.6 Å². The summed E-state index contributed by atoms with van der Waals surface area (Å²) < 4.78 is 36.0. The summed E-state index contributed by atoms with van der Waals surface area (Å²) >= 11 is 0. The fourth-order valence-electron chi connectivity index (χ4n) is 1.27. The molecule has 0 fully saturated rings. The van der Waals surface area contributed by atoms with E-state index >= 15 is 0 Å². The highest BCUT2D eigenvalue weighted by atomic mass is 19.4. The third-order valence-electron chi connectivity index (χ3n) is 2.08. The van der Waals surface area contributed by atoms with Crippen LogP contribution in [0.5, 0.6) is 0 Å². The van der Waals surface area contributed by atoms with E-state index in [0.29, 0.717) is 12.2 Å². The monoisotopic (exact) mass is 261 g/mol. The Morgan fingerprint density at radius 2 is 2.17 bits per heavy atom. The van der Waals surface area contributed by atoms with Crippen LogP contribution in [-0.4, -0.2) is 30.2 Å². The summed E-state index contributed by atoms with van der Waals surface area (Å²) in [6.07, 6.45) is -0.810. The molecule has 0 atom stereocenters. The van der Waals surface area contributed by atoms with Crippen LogP contribution in [-0.2, 0) is 0 Å². The lowest BCUT2D eigenvalue weighted by atomic mass is 10.2. The third kappa shape index (κ3) is 4.60. The van der Waals surface area contributed by atoms with E-state index in [2.05, 4.69) is 10.3 Å². The Labute approximate surface area is 103 Å². The molecular weight excluding hydrogens is 247 g/mol. The van der Waals surface area contributed by atoms with E-state index in [9.17, 15) is 18.0 Å². The van der Waals surface area contributed by atoms with E-state index in [1.165, 1.54) is 18.5 Å². The lowest BCUT2D eigenvalue weighted by Crippen LogP contribution is -2.34. The number of hydrogen-bond donors (Lipinski definition) is 2. The van der Waals surface area contributed by atoms with Gasteiger partial charge in [0.15, 0.2) is 0 Å². The van der Waals surface area contributed by atoms with Crippen LogP contribution in [0.3, 0.4) is 0 Å². The van der Waals surface area contributed by atoms with E-state index in [1.54, 1.807) is 0 Å². The molecule has 18 heavy (non-hydrogen) atoms. The van der Waals surface area contributed by atoms with Crippen molar-refractivity contribution in [3.63, 3.8) is 0 Å². The zero-order valence-corrected chi connectivity index (χ0v) is 9.84. The molecule has 0 aliphatic carbocycles. The number of anilines is 1. The van der Waals surface area contributed by atoms with Gasteiger partial charge in [-0.2, -0.15) is 13.2 Å². The largest absolute Gasteiger partial charge is 0.405 e. The molecule has 1 heterocycles. The number of rotatable bonds is 5. The van der Waals surface area contributed by atoms with Crippen molar-refractivity contribution < 1.29 is 18.0 Å². The van der Waals surface area contributed by atoms with E-state index in [-0.39, 0.29) is 5.56 Å². The molecule has 0 aliphatic heterocycles. The van der Waals surface area contributed by atoms with Gasteiger partial charge in [0.1, 0.15) is 6.54 Å². The molecule has 0 radical (unpaired) electrons. The Hall–Kier alpha value is -1.79. The maximum Gasteiger partial charge on any atom is 0.405 e. The number of aromatic nitrogens is 1. The normalized spacial score (nSPS) is 11.1. The van der Waals surface area contributed by atoms with Crippen molar-refractivity contribution in [3.8, 4) is 0 Å². The topological polar surface area (TPSA) is 54.0 Å². The minimum Gasteiger partial charge on any atom is -0.383 e. The van der Waals surface area contributed by atoms with Crippen LogP contribution >= 0.6 is 0 Å². The smallest absolute Gasteiger partial charge is 0.383 e. The highest BCUT2D eigenvalue weighted by Gasteiger charge is 2.28. The average molecular weight is 261 g/mol. The first-order valence-electron chi connectivity index (χ1n) is 5.47. The zero-order chi connectivity index (χ0) is 13.6. The Morgan fingerprint density at radius 3 is 2.78 bits per heavy atom. The SMILES string of the molecule is CCCNc1cnccc1C(=O)NCC(F)(F)F. The van der Waals surface area contributed by atoms with E-state index < -0.39 is 18.6 Å². The fourth-order valence-corrected chi connectivity index (χ4v) is 1.27. The van der Waals surface area contributed by atoms with Crippen LogP contribution in [0.15, 0.2) is 18.5 Å². The molecule has 0 bridgehead atoms. The molecule has 0 saturated carbocycles. The summed E-state index contributed by atoms with van der Waals surface area (Å²) in [4.78, 5) is 15.4. The van der Waals surface area contributed by atoms with Crippen LogP contribution in [0.2, 0.25) is 0 Å². The minimum absolute atomic E-state index is 0.155. The minimum atomic E-state index is -4.42. The number of hydrogen-bond acceptors (Lipinski definition) is 3. The second-order valence-electron chi connectivity index (χ2n) is 3.65. The number of carbonyl (C=O) groups excluding carboxylic acids is 1. The van der Waals surface area contributed by atoms with Gasteiger partial charge in [-0.05, 0) is 12.5 Å². The number of pyridine rings is 1. The second-order valence-corrected chi connectivity index (χ2v) is 3.65. The summed E-state index contributed by atoms with van der Waals surface area (Å²) in [5.41, 5.74) is 0.585. The molecule has 0 aromatic carbocycles. The first-order chi connectivity index (χ1) is 8.44. The van der Waals surface area contributed by atoms with Crippen LogP contribution in [0.1, 0.15) is 23.7 Å². The molecule has 1 aromatic heterocycles. The van der Waals surface area contributed by atoms with Crippen LogP contribution in [0.25, 0.3) is 0 Å². The first-order valence-corrected chi connectivity index (χ1v) is 5.47. The maximum absolute atomic E-state index is 12.0. The second kappa shape index (κ2) is 6.23. The van der Waals surface area contributed by atoms with E-state index in [0.717, 1.165) is 6.42 Å². The molecule has 0 aliphatic rings. The molecule has 1 rings (SSSR count). The van der Waals surface area contributed by atoms with Gasteiger partial charge >= 0.3 is 6.18 Å². The predicted octanol–water partition coefficient (Wildman–Crippen LogP) is 2.20. The Morgan fingerprint density at radius 1 is 1.44 bits per heavy atom. The quantitative estimate of drug-likeness (QED) is 0.854. The van der Waals surface area contributed by atoms with Crippen molar-refractivity contribution in [2.45, 2.75) is 19.5 Å². The van der Waals surface area contributed by atoms with Crippen LogP contribution < -0.4 is 10.6 Å². The standard InChI is InChI=1S/C11H14F3N3O/c1-2-4-16-9-6-15-5-3-8(9)10(18)17-7-11(12,13)14/h3,5-6,16H,2,4,7H2,1H3,(H,17,18). The molecule has 0 unspecified atom stereocenters. The van der Waals surface area contributed by atoms with Crippen molar-refractivity contribution in [1.82, 2.24) is 10.3 Å². The molecule has 7 heteroatoms. The molecule has 0 saturated heterocycles. The zero-order valence-electron chi connectivity index (χ0n) is 9.84. The lowest BCUT2D eigenvalue weighted by Gasteiger charge is -2.12. The number of carbonyl (C=O) groups is 1. The van der Waals surface area contributed by atoms with Gasteiger partial charge in [0.25, 0.3) is 5.91 Å². The summed E-state index contributed by atoms with van der Waals surface area (Å²) in [5.74, 6) is -0.770. The molecule has 4 nitrogen and oxygen atoms in total. The molecular formula is C11H14F3N3O. The Bertz CT molecular complexity index is 407. The number of alkyl halides is 3. The predicted molar refractivity (Wildman–Crippen MR) is 61.4 cm³/mol. The van der Waals surface area contributed by atoms with Crippen molar-refractivity contribution in [2.24, 2.45) is 0 Å². The van der Waals surface area contributed by atoms with E-state index in [1.807, 2.05) is 12.2 Å². The first kappa shape index (κ1) is 14.3. The van der Waals surface area contributed by atoms with Gasteiger partial charge in [-0.15, -0.1) is 0 Å². The fraction of sp³-hybridized carbons (Fsp3) is 0.455. The number of halogens is 3. The molecule has 1 amide bonds.